The minimum atomic E-state index is -0.802. The summed E-state index contributed by atoms with van der Waals surface area (Å²) >= 11 is 0. The zero-order valence-corrected chi connectivity index (χ0v) is 13.0. The van der Waals surface area contributed by atoms with Crippen LogP contribution in [0.1, 0.15) is 83.5 Å². The van der Waals surface area contributed by atoms with Crippen LogP contribution in [0.15, 0.2) is 0 Å². The van der Waals surface area contributed by atoms with Crippen LogP contribution in [0.5, 0.6) is 0 Å². The molecule has 120 valence electrons. The van der Waals surface area contributed by atoms with E-state index in [0.29, 0.717) is 12.8 Å². The number of hydrogen-bond acceptors (Lipinski definition) is 2. The summed E-state index contributed by atoms with van der Waals surface area (Å²) in [5, 5.41) is 12.7. The fourth-order valence-electron chi connectivity index (χ4n) is 3.88. The molecule has 0 aromatic carbocycles. The van der Waals surface area contributed by atoms with Crippen LogP contribution in [0.4, 0.5) is 0 Å². The molecule has 0 aromatic rings. The molecule has 0 heterocycles. The first-order chi connectivity index (χ1) is 10.1. The minimum Gasteiger partial charge on any atom is -0.481 e. The Morgan fingerprint density at radius 1 is 0.905 bits per heavy atom. The van der Waals surface area contributed by atoms with Gasteiger partial charge in [-0.25, -0.2) is 0 Å². The molecule has 1 amide bonds. The Labute approximate surface area is 127 Å². The molecular formula is C17H29NO3. The van der Waals surface area contributed by atoms with Gasteiger partial charge in [-0.15, -0.1) is 0 Å². The third-order valence-electron chi connectivity index (χ3n) is 5.23. The molecule has 4 nitrogen and oxygen atoms in total. The van der Waals surface area contributed by atoms with Gasteiger partial charge in [0.1, 0.15) is 0 Å². The van der Waals surface area contributed by atoms with E-state index in [0.717, 1.165) is 32.1 Å². The molecule has 0 atom stereocenters. The van der Waals surface area contributed by atoms with Crippen molar-refractivity contribution >= 4 is 11.9 Å². The normalized spacial score (nSPS) is 23.8. The van der Waals surface area contributed by atoms with E-state index in [1.54, 1.807) is 0 Å². The highest BCUT2D eigenvalue weighted by Gasteiger charge is 2.41. The van der Waals surface area contributed by atoms with Crippen molar-refractivity contribution in [3.8, 4) is 0 Å². The average Bonchev–Trinajstić information content (AvgIpc) is 2.42. The third kappa shape index (κ3) is 4.72. The monoisotopic (exact) mass is 295 g/mol. The van der Waals surface area contributed by atoms with Gasteiger partial charge in [-0.3, -0.25) is 9.59 Å². The molecular weight excluding hydrogens is 266 g/mol. The van der Waals surface area contributed by atoms with Crippen LogP contribution < -0.4 is 5.32 Å². The number of rotatable bonds is 4. The summed E-state index contributed by atoms with van der Waals surface area (Å²) in [5.74, 6) is -0.833. The molecule has 2 saturated carbocycles. The molecule has 2 fully saturated rings. The molecule has 2 aliphatic rings. The lowest BCUT2D eigenvalue weighted by Gasteiger charge is -2.33. The first-order valence-corrected chi connectivity index (χ1v) is 8.65. The lowest BCUT2D eigenvalue weighted by molar-refractivity contribution is -0.154. The summed E-state index contributed by atoms with van der Waals surface area (Å²) in [6.07, 6.45) is 12.7. The van der Waals surface area contributed by atoms with Crippen LogP contribution in [-0.4, -0.2) is 23.0 Å². The Hall–Kier alpha value is -1.06. The molecule has 0 saturated heterocycles. The highest BCUT2D eigenvalue weighted by atomic mass is 16.4. The van der Waals surface area contributed by atoms with Gasteiger partial charge in [0.25, 0.3) is 0 Å². The smallest absolute Gasteiger partial charge is 0.310 e. The Bertz CT molecular complexity index is 353. The number of carboxylic acid groups (broad SMARTS) is 1. The van der Waals surface area contributed by atoms with Gasteiger partial charge in [0, 0.05) is 12.5 Å². The van der Waals surface area contributed by atoms with Gasteiger partial charge in [-0.1, -0.05) is 51.4 Å². The fourth-order valence-corrected chi connectivity index (χ4v) is 3.88. The van der Waals surface area contributed by atoms with Crippen LogP contribution in [0.3, 0.4) is 0 Å². The van der Waals surface area contributed by atoms with Crippen LogP contribution >= 0.6 is 0 Å². The number of amides is 1. The quantitative estimate of drug-likeness (QED) is 0.832. The van der Waals surface area contributed by atoms with E-state index in [2.05, 4.69) is 5.32 Å². The van der Waals surface area contributed by atoms with Crippen molar-refractivity contribution in [2.45, 2.75) is 89.5 Å². The van der Waals surface area contributed by atoms with Crippen molar-refractivity contribution in [1.82, 2.24) is 5.32 Å². The number of carboxylic acids is 1. The Balaban J connectivity index is 1.87. The largest absolute Gasteiger partial charge is 0.481 e. The molecule has 0 aliphatic heterocycles. The summed E-state index contributed by atoms with van der Waals surface area (Å²) < 4.78 is 0. The minimum absolute atomic E-state index is 0.0510. The zero-order chi connectivity index (χ0) is 15.1. The SMILES string of the molecule is O=C(CC1(C(=O)O)CCCCC1)NC1CCCCCCC1. The molecule has 21 heavy (non-hydrogen) atoms. The molecule has 0 unspecified atom stereocenters. The maximum absolute atomic E-state index is 12.3. The van der Waals surface area contributed by atoms with Gasteiger partial charge in [0.15, 0.2) is 0 Å². The fraction of sp³-hybridized carbons (Fsp3) is 0.882. The maximum Gasteiger partial charge on any atom is 0.310 e. The molecule has 2 rings (SSSR count). The van der Waals surface area contributed by atoms with Crippen LogP contribution in [-0.2, 0) is 9.59 Å². The van der Waals surface area contributed by atoms with Crippen molar-refractivity contribution in [3.05, 3.63) is 0 Å². The number of aliphatic carboxylic acids is 1. The van der Waals surface area contributed by atoms with Crippen LogP contribution in [0.2, 0.25) is 0 Å². The Kier molecular flexibility index (Phi) is 6.07. The van der Waals surface area contributed by atoms with E-state index >= 15 is 0 Å². The summed E-state index contributed by atoms with van der Waals surface area (Å²) in [7, 11) is 0. The Morgan fingerprint density at radius 2 is 1.43 bits per heavy atom. The van der Waals surface area contributed by atoms with Gasteiger partial charge in [-0.2, -0.15) is 0 Å². The molecule has 4 heteroatoms. The first kappa shape index (κ1) is 16.3. The standard InChI is InChI=1S/C17H29NO3/c19-15(18-14-9-5-2-1-3-6-10-14)13-17(16(20)21)11-7-4-8-12-17/h14H,1-13H2,(H,18,19)(H,20,21). The zero-order valence-electron chi connectivity index (χ0n) is 13.0. The van der Waals surface area contributed by atoms with Crippen LogP contribution in [0.25, 0.3) is 0 Å². The second-order valence-electron chi connectivity index (χ2n) is 6.93. The van der Waals surface area contributed by atoms with Gasteiger partial charge in [-0.05, 0) is 25.7 Å². The van der Waals surface area contributed by atoms with E-state index in [1.165, 1.54) is 32.1 Å². The lowest BCUT2D eigenvalue weighted by atomic mass is 9.71. The van der Waals surface area contributed by atoms with Crippen LogP contribution in [0, 0.1) is 5.41 Å². The highest BCUT2D eigenvalue weighted by molar-refractivity contribution is 5.85. The summed E-state index contributed by atoms with van der Waals surface area (Å²) in [4.78, 5) is 23.9. The van der Waals surface area contributed by atoms with Gasteiger partial charge in [0.2, 0.25) is 5.91 Å². The number of nitrogens with one attached hydrogen (secondary N) is 1. The van der Waals surface area contributed by atoms with Crippen molar-refractivity contribution in [2.75, 3.05) is 0 Å². The van der Waals surface area contributed by atoms with Gasteiger partial charge in [0.05, 0.1) is 5.41 Å². The highest BCUT2D eigenvalue weighted by Crippen LogP contribution is 2.39. The molecule has 0 bridgehead atoms. The lowest BCUT2D eigenvalue weighted by Crippen LogP contribution is -2.42. The summed E-state index contributed by atoms with van der Waals surface area (Å²) in [5.41, 5.74) is -0.802. The number of carbonyl (C=O) groups excluding carboxylic acids is 1. The topological polar surface area (TPSA) is 66.4 Å². The first-order valence-electron chi connectivity index (χ1n) is 8.65. The van der Waals surface area contributed by atoms with E-state index in [9.17, 15) is 14.7 Å². The van der Waals surface area contributed by atoms with Crippen molar-refractivity contribution in [1.29, 1.82) is 0 Å². The molecule has 2 aliphatic carbocycles. The Morgan fingerprint density at radius 3 is 2.00 bits per heavy atom. The van der Waals surface area contributed by atoms with E-state index in [1.807, 2.05) is 0 Å². The summed E-state index contributed by atoms with van der Waals surface area (Å²) in [6, 6.07) is 0.257. The molecule has 0 spiro atoms. The summed E-state index contributed by atoms with van der Waals surface area (Å²) in [6.45, 7) is 0. The maximum atomic E-state index is 12.3. The van der Waals surface area contributed by atoms with Crippen molar-refractivity contribution in [3.63, 3.8) is 0 Å². The number of carbonyl (C=O) groups is 2. The average molecular weight is 295 g/mol. The molecule has 0 radical (unpaired) electrons. The third-order valence-corrected chi connectivity index (χ3v) is 5.23. The second-order valence-corrected chi connectivity index (χ2v) is 6.93. The van der Waals surface area contributed by atoms with Gasteiger partial charge < -0.3 is 10.4 Å². The predicted molar refractivity (Wildman–Crippen MR) is 82.0 cm³/mol. The van der Waals surface area contributed by atoms with E-state index in [4.69, 9.17) is 0 Å². The van der Waals surface area contributed by atoms with Crippen molar-refractivity contribution in [2.24, 2.45) is 5.41 Å². The number of hydrogen-bond donors (Lipinski definition) is 2. The van der Waals surface area contributed by atoms with Gasteiger partial charge >= 0.3 is 5.97 Å². The predicted octanol–water partition coefficient (Wildman–Crippen LogP) is 3.64. The molecule has 0 aromatic heterocycles. The second kappa shape index (κ2) is 7.81. The molecule has 2 N–H and O–H groups in total. The van der Waals surface area contributed by atoms with Crippen molar-refractivity contribution < 1.29 is 14.7 Å². The van der Waals surface area contributed by atoms with E-state index in [-0.39, 0.29) is 18.4 Å². The van der Waals surface area contributed by atoms with E-state index < -0.39 is 11.4 Å².